The summed E-state index contributed by atoms with van der Waals surface area (Å²) < 4.78 is 0. The largest absolute Gasteiger partial charge is 0.312 e. The molecule has 2 rings (SSSR count). The van der Waals surface area contributed by atoms with Gasteiger partial charge in [0.1, 0.15) is 0 Å². The lowest BCUT2D eigenvalue weighted by Gasteiger charge is -2.29. The Labute approximate surface area is 122 Å². The number of alkyl halides is 1. The van der Waals surface area contributed by atoms with Crippen molar-refractivity contribution in [2.45, 2.75) is 37.9 Å². The molecule has 1 aromatic carbocycles. The maximum atomic E-state index is 12.1. The van der Waals surface area contributed by atoms with Gasteiger partial charge in [0.15, 0.2) is 5.78 Å². The summed E-state index contributed by atoms with van der Waals surface area (Å²) in [6.45, 7) is 4.33. The maximum absolute atomic E-state index is 12.1. The molecular formula is C15H18BrNO2. The average Bonchev–Trinajstić information content (AvgIpc) is 2.44. The quantitative estimate of drug-likeness (QED) is 0.632. The van der Waals surface area contributed by atoms with Gasteiger partial charge in [0, 0.05) is 24.7 Å². The molecule has 3 nitrogen and oxygen atoms in total. The SMILES string of the molecule is CCC(Br)C(=O)c1ccc2c(c1)CCCN2C(C)=O. The van der Waals surface area contributed by atoms with Gasteiger partial charge in [0.05, 0.1) is 4.83 Å². The summed E-state index contributed by atoms with van der Waals surface area (Å²) in [5.41, 5.74) is 2.79. The maximum Gasteiger partial charge on any atom is 0.223 e. The van der Waals surface area contributed by atoms with E-state index in [-0.39, 0.29) is 16.5 Å². The Morgan fingerprint density at radius 3 is 2.79 bits per heavy atom. The second-order valence-electron chi connectivity index (χ2n) is 4.86. The van der Waals surface area contributed by atoms with Crippen molar-refractivity contribution in [2.24, 2.45) is 0 Å². The summed E-state index contributed by atoms with van der Waals surface area (Å²) in [4.78, 5) is 25.4. The number of aryl methyl sites for hydroxylation is 1. The molecule has 19 heavy (non-hydrogen) atoms. The van der Waals surface area contributed by atoms with Crippen LogP contribution in [0.15, 0.2) is 18.2 Å². The minimum atomic E-state index is -0.127. The van der Waals surface area contributed by atoms with Gasteiger partial charge >= 0.3 is 0 Å². The molecule has 0 radical (unpaired) electrons. The fourth-order valence-electron chi connectivity index (χ4n) is 2.44. The predicted octanol–water partition coefficient (Wildman–Crippen LogP) is 3.34. The van der Waals surface area contributed by atoms with E-state index in [1.54, 1.807) is 11.8 Å². The molecule has 0 saturated carbocycles. The number of fused-ring (bicyclic) bond motifs is 1. The van der Waals surface area contributed by atoms with Crippen LogP contribution in [-0.2, 0) is 11.2 Å². The number of rotatable bonds is 3. The molecule has 0 spiro atoms. The molecule has 1 amide bonds. The zero-order valence-corrected chi connectivity index (χ0v) is 12.9. The van der Waals surface area contributed by atoms with Crippen molar-refractivity contribution in [3.05, 3.63) is 29.3 Å². The molecule has 1 unspecified atom stereocenters. The van der Waals surface area contributed by atoms with Gasteiger partial charge in [-0.15, -0.1) is 0 Å². The van der Waals surface area contributed by atoms with E-state index in [2.05, 4.69) is 15.9 Å². The zero-order valence-electron chi connectivity index (χ0n) is 11.3. The number of hydrogen-bond acceptors (Lipinski definition) is 2. The standard InChI is InChI=1S/C15H18BrNO2/c1-3-13(16)15(19)12-6-7-14-11(9-12)5-4-8-17(14)10(2)18/h6-7,9,13H,3-5,8H2,1-2H3. The lowest BCUT2D eigenvalue weighted by molar-refractivity contribution is -0.116. The molecule has 1 aliphatic rings. The first-order valence-electron chi connectivity index (χ1n) is 6.64. The fourth-order valence-corrected chi connectivity index (χ4v) is 2.71. The monoisotopic (exact) mass is 323 g/mol. The van der Waals surface area contributed by atoms with Gasteiger partial charge < -0.3 is 4.90 Å². The van der Waals surface area contributed by atoms with Crippen LogP contribution in [0.25, 0.3) is 0 Å². The van der Waals surface area contributed by atoms with Crippen molar-refractivity contribution in [1.29, 1.82) is 0 Å². The van der Waals surface area contributed by atoms with E-state index in [0.29, 0.717) is 0 Å². The van der Waals surface area contributed by atoms with Gasteiger partial charge in [-0.3, -0.25) is 9.59 Å². The summed E-state index contributed by atoms with van der Waals surface area (Å²) in [7, 11) is 0. The Bertz CT molecular complexity index is 513. The molecule has 0 bridgehead atoms. The van der Waals surface area contributed by atoms with E-state index >= 15 is 0 Å². The third-order valence-corrected chi connectivity index (χ3v) is 4.57. The highest BCUT2D eigenvalue weighted by atomic mass is 79.9. The first-order valence-corrected chi connectivity index (χ1v) is 7.55. The average molecular weight is 324 g/mol. The van der Waals surface area contributed by atoms with Crippen LogP contribution in [0.5, 0.6) is 0 Å². The van der Waals surface area contributed by atoms with Crippen LogP contribution in [-0.4, -0.2) is 23.1 Å². The lowest BCUT2D eigenvalue weighted by Crippen LogP contribution is -2.33. The van der Waals surface area contributed by atoms with Gasteiger partial charge in [0.25, 0.3) is 0 Å². The number of anilines is 1. The van der Waals surface area contributed by atoms with Crippen molar-refractivity contribution < 1.29 is 9.59 Å². The normalized spacial score (nSPS) is 15.8. The van der Waals surface area contributed by atoms with Crippen LogP contribution in [0.3, 0.4) is 0 Å². The first kappa shape index (κ1) is 14.3. The molecule has 102 valence electrons. The Morgan fingerprint density at radius 2 is 2.16 bits per heavy atom. The highest BCUT2D eigenvalue weighted by Gasteiger charge is 2.22. The van der Waals surface area contributed by atoms with E-state index in [1.807, 2.05) is 25.1 Å². The molecule has 0 fully saturated rings. The fraction of sp³-hybridized carbons (Fsp3) is 0.467. The smallest absolute Gasteiger partial charge is 0.223 e. The van der Waals surface area contributed by atoms with E-state index in [9.17, 15) is 9.59 Å². The Balaban J connectivity index is 2.34. The van der Waals surface area contributed by atoms with Crippen molar-refractivity contribution in [2.75, 3.05) is 11.4 Å². The van der Waals surface area contributed by atoms with E-state index in [1.165, 1.54) is 0 Å². The zero-order chi connectivity index (χ0) is 14.0. The summed E-state index contributed by atoms with van der Waals surface area (Å²) in [5, 5.41) is 0. The topological polar surface area (TPSA) is 37.4 Å². The number of benzene rings is 1. The highest BCUT2D eigenvalue weighted by molar-refractivity contribution is 9.10. The first-order chi connectivity index (χ1) is 9.04. The second-order valence-corrected chi connectivity index (χ2v) is 5.96. The van der Waals surface area contributed by atoms with Crippen LogP contribution in [0.1, 0.15) is 42.6 Å². The molecule has 0 aromatic heterocycles. The van der Waals surface area contributed by atoms with Crippen LogP contribution in [0.4, 0.5) is 5.69 Å². The second kappa shape index (κ2) is 5.87. The van der Waals surface area contributed by atoms with E-state index in [4.69, 9.17) is 0 Å². The Hall–Kier alpha value is -1.16. The lowest BCUT2D eigenvalue weighted by atomic mass is 9.96. The van der Waals surface area contributed by atoms with Crippen LogP contribution in [0, 0.1) is 0 Å². The van der Waals surface area contributed by atoms with Crippen LogP contribution in [0.2, 0.25) is 0 Å². The third-order valence-electron chi connectivity index (χ3n) is 3.51. The minimum Gasteiger partial charge on any atom is -0.312 e. The molecule has 0 N–H and O–H groups in total. The summed E-state index contributed by atoms with van der Waals surface area (Å²) in [5.74, 6) is 0.178. The van der Waals surface area contributed by atoms with Crippen LogP contribution >= 0.6 is 15.9 Å². The predicted molar refractivity (Wildman–Crippen MR) is 80.1 cm³/mol. The van der Waals surface area contributed by atoms with Crippen LogP contribution < -0.4 is 4.90 Å². The summed E-state index contributed by atoms with van der Waals surface area (Å²) in [6.07, 6.45) is 2.66. The molecule has 1 aromatic rings. The van der Waals surface area contributed by atoms with Gasteiger partial charge in [-0.25, -0.2) is 0 Å². The third kappa shape index (κ3) is 2.89. The number of hydrogen-bond donors (Lipinski definition) is 0. The van der Waals surface area contributed by atoms with Crippen molar-refractivity contribution >= 4 is 33.3 Å². The minimum absolute atomic E-state index is 0.0620. The van der Waals surface area contributed by atoms with Gasteiger partial charge in [0.2, 0.25) is 5.91 Å². The molecule has 1 heterocycles. The number of carbonyl (C=O) groups excluding carboxylic acids is 2. The molecular weight excluding hydrogens is 306 g/mol. The Morgan fingerprint density at radius 1 is 1.42 bits per heavy atom. The van der Waals surface area contributed by atoms with E-state index < -0.39 is 0 Å². The van der Waals surface area contributed by atoms with Crippen molar-refractivity contribution in [3.8, 4) is 0 Å². The number of nitrogens with zero attached hydrogens (tertiary/aromatic N) is 1. The molecule has 4 heteroatoms. The van der Waals surface area contributed by atoms with Crippen molar-refractivity contribution in [3.63, 3.8) is 0 Å². The summed E-state index contributed by atoms with van der Waals surface area (Å²) in [6, 6.07) is 5.67. The number of halogens is 1. The molecule has 1 atom stereocenters. The highest BCUT2D eigenvalue weighted by Crippen LogP contribution is 2.29. The number of carbonyl (C=O) groups is 2. The van der Waals surface area contributed by atoms with Gasteiger partial charge in [-0.2, -0.15) is 0 Å². The van der Waals surface area contributed by atoms with Gasteiger partial charge in [-0.05, 0) is 43.0 Å². The van der Waals surface area contributed by atoms with Crippen molar-refractivity contribution in [1.82, 2.24) is 0 Å². The Kier molecular flexibility index (Phi) is 4.40. The van der Waals surface area contributed by atoms with E-state index in [0.717, 1.165) is 42.6 Å². The number of Topliss-reactive ketones (excluding diaryl/α,β-unsaturated/α-hetero) is 1. The number of amides is 1. The van der Waals surface area contributed by atoms with Gasteiger partial charge in [-0.1, -0.05) is 22.9 Å². The summed E-state index contributed by atoms with van der Waals surface area (Å²) >= 11 is 3.40. The molecule has 1 aliphatic heterocycles. The molecule has 0 aliphatic carbocycles. The number of ketones is 1. The molecule has 0 saturated heterocycles.